The van der Waals surface area contributed by atoms with Gasteiger partial charge in [0.15, 0.2) is 11.9 Å². The maximum Gasteiger partial charge on any atom is 0.264 e. The molecule has 1 aliphatic rings. The first-order valence-electron chi connectivity index (χ1n) is 4.73. The van der Waals surface area contributed by atoms with Crippen molar-refractivity contribution < 1.29 is 22.1 Å². The molecule has 1 aromatic heterocycles. The molecule has 0 spiro atoms. The largest absolute Gasteiger partial charge is 0.484 e. The van der Waals surface area contributed by atoms with Gasteiger partial charge in [-0.1, -0.05) is 0 Å². The molecule has 0 bridgehead atoms. The smallest absolute Gasteiger partial charge is 0.264 e. The van der Waals surface area contributed by atoms with E-state index in [1.807, 2.05) is 0 Å². The van der Waals surface area contributed by atoms with Gasteiger partial charge in [0, 0.05) is 16.7 Å². The van der Waals surface area contributed by atoms with Crippen LogP contribution in [0.2, 0.25) is 0 Å². The van der Waals surface area contributed by atoms with E-state index < -0.39 is 16.2 Å². The van der Waals surface area contributed by atoms with E-state index in [2.05, 4.69) is 25.1 Å². The SMILES string of the molecule is CS(=O)(=O)OCC1COc2cc(Br)cnc2O1. The highest BCUT2D eigenvalue weighted by atomic mass is 79.9. The Hall–Kier alpha value is -0.860. The zero-order valence-electron chi connectivity index (χ0n) is 8.92. The van der Waals surface area contributed by atoms with Crippen molar-refractivity contribution in [3.63, 3.8) is 0 Å². The van der Waals surface area contributed by atoms with Crippen LogP contribution in [0.4, 0.5) is 0 Å². The summed E-state index contributed by atoms with van der Waals surface area (Å²) >= 11 is 3.26. The Labute approximate surface area is 107 Å². The highest BCUT2D eigenvalue weighted by Crippen LogP contribution is 2.31. The molecular formula is C9H10BrNO5S. The molecule has 1 unspecified atom stereocenters. The van der Waals surface area contributed by atoms with Crippen molar-refractivity contribution in [3.8, 4) is 11.6 Å². The van der Waals surface area contributed by atoms with Crippen molar-refractivity contribution >= 4 is 26.0 Å². The van der Waals surface area contributed by atoms with Gasteiger partial charge in [0.2, 0.25) is 0 Å². The number of hydrogen-bond acceptors (Lipinski definition) is 6. The maximum atomic E-state index is 10.8. The predicted octanol–water partition coefficient (Wildman–Crippen LogP) is 0.960. The molecular weight excluding hydrogens is 314 g/mol. The Balaban J connectivity index is 2.01. The lowest BCUT2D eigenvalue weighted by atomic mass is 10.3. The summed E-state index contributed by atoms with van der Waals surface area (Å²) in [5, 5.41) is 0. The van der Waals surface area contributed by atoms with E-state index in [4.69, 9.17) is 9.47 Å². The van der Waals surface area contributed by atoms with E-state index in [-0.39, 0.29) is 13.2 Å². The van der Waals surface area contributed by atoms with Crippen LogP contribution in [0.25, 0.3) is 0 Å². The summed E-state index contributed by atoms with van der Waals surface area (Å²) < 4.78 is 37.9. The molecule has 2 heterocycles. The Morgan fingerprint density at radius 3 is 3.12 bits per heavy atom. The minimum absolute atomic E-state index is 0.0873. The molecule has 8 heteroatoms. The van der Waals surface area contributed by atoms with Gasteiger partial charge in [0.05, 0.1) is 6.26 Å². The molecule has 1 atom stereocenters. The minimum atomic E-state index is -3.47. The molecule has 17 heavy (non-hydrogen) atoms. The van der Waals surface area contributed by atoms with Gasteiger partial charge in [-0.2, -0.15) is 8.42 Å². The molecule has 0 aromatic carbocycles. The zero-order chi connectivity index (χ0) is 12.5. The van der Waals surface area contributed by atoms with Crippen LogP contribution in [0.15, 0.2) is 16.7 Å². The highest BCUT2D eigenvalue weighted by Gasteiger charge is 2.23. The normalized spacial score (nSPS) is 19.1. The average molecular weight is 324 g/mol. The summed E-state index contributed by atoms with van der Waals surface area (Å²) in [6.45, 7) is 0.136. The second-order valence-corrected chi connectivity index (χ2v) is 6.06. The number of halogens is 1. The summed E-state index contributed by atoms with van der Waals surface area (Å²) in [4.78, 5) is 4.01. The fraction of sp³-hybridized carbons (Fsp3) is 0.444. The third-order valence-electron chi connectivity index (χ3n) is 1.96. The van der Waals surface area contributed by atoms with Crippen LogP contribution < -0.4 is 9.47 Å². The van der Waals surface area contributed by atoms with Gasteiger partial charge < -0.3 is 9.47 Å². The van der Waals surface area contributed by atoms with E-state index in [1.165, 1.54) is 0 Å². The quantitative estimate of drug-likeness (QED) is 0.771. The van der Waals surface area contributed by atoms with Gasteiger partial charge in [0.1, 0.15) is 13.2 Å². The van der Waals surface area contributed by atoms with Crippen LogP contribution in [0.5, 0.6) is 11.6 Å². The van der Waals surface area contributed by atoms with Crippen molar-refractivity contribution in [2.75, 3.05) is 19.5 Å². The van der Waals surface area contributed by atoms with Crippen molar-refractivity contribution in [2.45, 2.75) is 6.10 Å². The van der Waals surface area contributed by atoms with Crippen LogP contribution in [0, 0.1) is 0 Å². The van der Waals surface area contributed by atoms with Crippen molar-refractivity contribution in [3.05, 3.63) is 16.7 Å². The van der Waals surface area contributed by atoms with Crippen molar-refractivity contribution in [2.24, 2.45) is 0 Å². The number of ether oxygens (including phenoxy) is 2. The lowest BCUT2D eigenvalue weighted by Crippen LogP contribution is -2.34. The fourth-order valence-corrected chi connectivity index (χ4v) is 1.97. The minimum Gasteiger partial charge on any atom is -0.484 e. The van der Waals surface area contributed by atoms with Gasteiger partial charge in [-0.15, -0.1) is 0 Å². The Morgan fingerprint density at radius 1 is 1.65 bits per heavy atom. The fourth-order valence-electron chi connectivity index (χ4n) is 1.26. The van der Waals surface area contributed by atoms with E-state index in [0.29, 0.717) is 11.6 Å². The topological polar surface area (TPSA) is 74.7 Å². The average Bonchev–Trinajstić information content (AvgIpc) is 2.25. The molecule has 0 aliphatic carbocycles. The third kappa shape index (κ3) is 3.55. The number of fused-ring (bicyclic) bond motifs is 1. The zero-order valence-corrected chi connectivity index (χ0v) is 11.3. The molecule has 0 N–H and O–H groups in total. The summed E-state index contributed by atoms with van der Waals surface area (Å²) in [5.74, 6) is 0.858. The molecule has 0 saturated carbocycles. The van der Waals surface area contributed by atoms with Crippen LogP contribution in [0.1, 0.15) is 0 Å². The van der Waals surface area contributed by atoms with Crippen LogP contribution >= 0.6 is 15.9 Å². The van der Waals surface area contributed by atoms with Gasteiger partial charge in [-0.25, -0.2) is 4.98 Å². The molecule has 0 amide bonds. The predicted molar refractivity (Wildman–Crippen MR) is 62.6 cm³/mol. The first-order valence-corrected chi connectivity index (χ1v) is 7.34. The molecule has 1 aromatic rings. The summed E-state index contributed by atoms with van der Waals surface area (Å²) in [6.07, 6.45) is 2.08. The standard InChI is InChI=1S/C9H10BrNO5S/c1-17(12,13)15-5-7-4-14-8-2-6(10)3-11-9(8)16-7/h2-3,7H,4-5H2,1H3. The number of pyridine rings is 1. The molecule has 2 rings (SSSR count). The Kier molecular flexibility index (Phi) is 3.55. The van der Waals surface area contributed by atoms with Crippen LogP contribution in [0.3, 0.4) is 0 Å². The highest BCUT2D eigenvalue weighted by molar-refractivity contribution is 9.10. The molecule has 94 valence electrons. The van der Waals surface area contributed by atoms with Gasteiger partial charge in [-0.3, -0.25) is 4.18 Å². The summed E-state index contributed by atoms with van der Waals surface area (Å²) in [5.41, 5.74) is 0. The number of aromatic nitrogens is 1. The van der Waals surface area contributed by atoms with Crippen LogP contribution in [-0.4, -0.2) is 39.0 Å². The van der Waals surface area contributed by atoms with E-state index in [1.54, 1.807) is 12.3 Å². The lowest BCUT2D eigenvalue weighted by molar-refractivity contribution is 0.0509. The van der Waals surface area contributed by atoms with Gasteiger partial charge in [0.25, 0.3) is 16.0 Å². The van der Waals surface area contributed by atoms with Gasteiger partial charge >= 0.3 is 0 Å². The Bertz CT molecular complexity index is 518. The second-order valence-electron chi connectivity index (χ2n) is 3.50. The maximum absolute atomic E-state index is 10.8. The monoisotopic (exact) mass is 323 g/mol. The van der Waals surface area contributed by atoms with Crippen molar-refractivity contribution in [1.82, 2.24) is 4.98 Å². The number of hydrogen-bond donors (Lipinski definition) is 0. The van der Waals surface area contributed by atoms with E-state index >= 15 is 0 Å². The number of rotatable bonds is 3. The summed E-state index contributed by atoms with van der Waals surface area (Å²) in [6, 6.07) is 1.73. The molecule has 0 radical (unpaired) electrons. The Morgan fingerprint density at radius 2 is 2.41 bits per heavy atom. The third-order valence-corrected chi connectivity index (χ3v) is 2.95. The first kappa shape index (κ1) is 12.6. The van der Waals surface area contributed by atoms with Crippen molar-refractivity contribution in [1.29, 1.82) is 0 Å². The number of nitrogens with zero attached hydrogens (tertiary/aromatic N) is 1. The van der Waals surface area contributed by atoms with E-state index in [9.17, 15) is 8.42 Å². The van der Waals surface area contributed by atoms with Crippen LogP contribution in [-0.2, 0) is 14.3 Å². The summed E-state index contributed by atoms with van der Waals surface area (Å²) in [7, 11) is -3.47. The molecule has 0 saturated heterocycles. The first-order chi connectivity index (χ1) is 7.94. The molecule has 0 fully saturated rings. The van der Waals surface area contributed by atoms with Gasteiger partial charge in [-0.05, 0) is 15.9 Å². The lowest BCUT2D eigenvalue weighted by Gasteiger charge is -2.24. The molecule has 6 nitrogen and oxygen atoms in total. The van der Waals surface area contributed by atoms with E-state index in [0.717, 1.165) is 10.7 Å². The second kappa shape index (κ2) is 4.79. The molecule has 1 aliphatic heterocycles.